The zero-order valence-electron chi connectivity index (χ0n) is 25.9. The summed E-state index contributed by atoms with van der Waals surface area (Å²) in [7, 11) is -3.78. The SMILES string of the molecule is CC(C)CC(NC(=O)C(=O)Nc1cccc2ccccc12)C(=O)NC(CC(=O)O)C(=O)COP(=O)(c1ccccc1)c1ccccc1. The quantitative estimate of drug-likeness (QED) is 0.117. The van der Waals surface area contributed by atoms with Crippen molar-refractivity contribution < 1.29 is 38.2 Å². The highest BCUT2D eigenvalue weighted by Crippen LogP contribution is 2.44. The lowest BCUT2D eigenvalue weighted by molar-refractivity contribution is -0.141. The first-order valence-electron chi connectivity index (χ1n) is 15.0. The average molecular weight is 658 g/mol. The number of fused-ring (bicyclic) bond motifs is 1. The number of aliphatic carboxylic acids is 1. The van der Waals surface area contributed by atoms with Crippen molar-refractivity contribution in [3.8, 4) is 0 Å². The molecule has 0 aliphatic heterocycles. The molecule has 0 aliphatic rings. The van der Waals surface area contributed by atoms with Gasteiger partial charge in [0.1, 0.15) is 18.7 Å². The Bertz CT molecular complexity index is 1750. The maximum Gasteiger partial charge on any atom is 0.313 e. The van der Waals surface area contributed by atoms with Crippen molar-refractivity contribution in [3.63, 3.8) is 0 Å². The van der Waals surface area contributed by atoms with Gasteiger partial charge in [-0.3, -0.25) is 28.5 Å². The fourth-order valence-corrected chi connectivity index (χ4v) is 6.97. The number of carbonyl (C=O) groups is 5. The predicted molar refractivity (Wildman–Crippen MR) is 179 cm³/mol. The van der Waals surface area contributed by atoms with Gasteiger partial charge in [0.2, 0.25) is 5.91 Å². The molecule has 0 radical (unpaired) electrons. The maximum absolute atomic E-state index is 14.1. The lowest BCUT2D eigenvalue weighted by atomic mass is 10.0. The van der Waals surface area contributed by atoms with Crippen LogP contribution < -0.4 is 26.6 Å². The van der Waals surface area contributed by atoms with Crippen LogP contribution in [0.2, 0.25) is 0 Å². The van der Waals surface area contributed by atoms with Crippen LogP contribution in [0.1, 0.15) is 26.7 Å². The van der Waals surface area contributed by atoms with Gasteiger partial charge >= 0.3 is 17.8 Å². The van der Waals surface area contributed by atoms with Crippen molar-refractivity contribution in [2.75, 3.05) is 11.9 Å². The number of nitrogens with one attached hydrogen (secondary N) is 3. The van der Waals surface area contributed by atoms with E-state index in [2.05, 4.69) is 16.0 Å². The van der Waals surface area contributed by atoms with Gasteiger partial charge in [0, 0.05) is 21.7 Å². The van der Waals surface area contributed by atoms with Crippen LogP contribution in [-0.4, -0.2) is 53.3 Å². The van der Waals surface area contributed by atoms with Crippen LogP contribution in [0.5, 0.6) is 0 Å². The van der Waals surface area contributed by atoms with E-state index in [0.29, 0.717) is 21.7 Å². The van der Waals surface area contributed by atoms with Crippen LogP contribution in [0.4, 0.5) is 5.69 Å². The van der Waals surface area contributed by atoms with E-state index in [1.807, 2.05) is 18.2 Å². The van der Waals surface area contributed by atoms with Gasteiger partial charge in [-0.1, -0.05) is 86.6 Å². The minimum absolute atomic E-state index is 0.0841. The summed E-state index contributed by atoms with van der Waals surface area (Å²) in [5.74, 6) is -5.31. The summed E-state index contributed by atoms with van der Waals surface area (Å²) in [6.07, 6.45) is -0.709. The summed E-state index contributed by atoms with van der Waals surface area (Å²) in [5.41, 5.74) is 0.406. The van der Waals surface area contributed by atoms with Gasteiger partial charge in [-0.2, -0.15) is 0 Å². The second-order valence-electron chi connectivity index (χ2n) is 11.3. The highest BCUT2D eigenvalue weighted by Gasteiger charge is 2.34. The Balaban J connectivity index is 1.48. The molecule has 0 bridgehead atoms. The maximum atomic E-state index is 14.1. The monoisotopic (exact) mass is 657 g/mol. The molecule has 2 unspecified atom stereocenters. The molecule has 244 valence electrons. The molecule has 0 heterocycles. The molecule has 4 rings (SSSR count). The molecule has 0 aromatic heterocycles. The fourth-order valence-electron chi connectivity index (χ4n) is 4.93. The lowest BCUT2D eigenvalue weighted by Gasteiger charge is -2.24. The first kappa shape index (κ1) is 34.7. The summed E-state index contributed by atoms with van der Waals surface area (Å²) < 4.78 is 19.9. The van der Waals surface area contributed by atoms with Crippen LogP contribution >= 0.6 is 7.37 Å². The fraction of sp³-hybridized carbons (Fsp3) is 0.229. The van der Waals surface area contributed by atoms with Gasteiger partial charge in [-0.15, -0.1) is 0 Å². The number of anilines is 1. The minimum atomic E-state index is -3.78. The molecule has 0 aliphatic carbocycles. The molecule has 0 fully saturated rings. The Kier molecular flexibility index (Phi) is 11.8. The third kappa shape index (κ3) is 9.22. The van der Waals surface area contributed by atoms with Crippen LogP contribution in [0.25, 0.3) is 10.8 Å². The van der Waals surface area contributed by atoms with E-state index in [-0.39, 0.29) is 12.3 Å². The smallest absolute Gasteiger partial charge is 0.313 e. The zero-order chi connectivity index (χ0) is 34.0. The van der Waals surface area contributed by atoms with Crippen molar-refractivity contribution in [3.05, 3.63) is 103 Å². The Morgan fingerprint density at radius 1 is 0.723 bits per heavy atom. The minimum Gasteiger partial charge on any atom is -0.481 e. The Morgan fingerprint density at radius 2 is 1.30 bits per heavy atom. The number of rotatable bonds is 14. The molecule has 2 atom stereocenters. The van der Waals surface area contributed by atoms with Gasteiger partial charge in [-0.25, -0.2) is 0 Å². The second-order valence-corrected chi connectivity index (χ2v) is 13.7. The third-order valence-corrected chi connectivity index (χ3v) is 9.69. The highest BCUT2D eigenvalue weighted by atomic mass is 31.2. The molecular formula is C35H36N3O8P. The number of hydrogen-bond donors (Lipinski definition) is 4. The first-order chi connectivity index (χ1) is 22.5. The number of benzene rings is 4. The molecule has 11 nitrogen and oxygen atoms in total. The van der Waals surface area contributed by atoms with E-state index in [1.54, 1.807) is 98.8 Å². The summed E-state index contributed by atoms with van der Waals surface area (Å²) in [5, 5.41) is 19.1. The van der Waals surface area contributed by atoms with Gasteiger partial charge in [0.05, 0.1) is 6.42 Å². The Labute approximate surface area is 272 Å². The standard InChI is InChI=1S/C35H36N3O8P/c1-23(2)20-30(38-35(44)34(43)36-28-19-11-13-24-12-9-10-18-27(24)28)33(42)37-29(21-32(40)41)31(39)22-46-47(45,25-14-5-3-6-15-25)26-16-7-4-8-17-26/h3-19,23,29-30H,20-22H2,1-2H3,(H,36,43)(H,37,42)(H,38,44)(H,40,41). The molecule has 4 aromatic rings. The third-order valence-electron chi connectivity index (χ3n) is 7.24. The second kappa shape index (κ2) is 15.9. The molecule has 4 N–H and O–H groups in total. The zero-order valence-corrected chi connectivity index (χ0v) is 26.8. The molecule has 0 spiro atoms. The van der Waals surface area contributed by atoms with Crippen molar-refractivity contribution >= 4 is 63.9 Å². The molecule has 3 amide bonds. The topological polar surface area (TPSA) is 168 Å². The molecule has 4 aromatic carbocycles. The number of carboxylic acids is 1. The van der Waals surface area contributed by atoms with Crippen molar-refractivity contribution in [1.29, 1.82) is 0 Å². The lowest BCUT2D eigenvalue weighted by Crippen LogP contribution is -2.54. The molecule has 47 heavy (non-hydrogen) atoms. The first-order valence-corrected chi connectivity index (χ1v) is 16.6. The Hall–Kier alpha value is -5.12. The van der Waals surface area contributed by atoms with E-state index >= 15 is 0 Å². The van der Waals surface area contributed by atoms with Gasteiger partial charge in [-0.05, 0) is 48.1 Å². The molecule has 0 saturated heterocycles. The predicted octanol–water partition coefficient (Wildman–Crippen LogP) is 3.78. The van der Waals surface area contributed by atoms with Crippen molar-refractivity contribution in [2.24, 2.45) is 5.92 Å². The van der Waals surface area contributed by atoms with Crippen LogP contribution in [-0.2, 0) is 33.1 Å². The van der Waals surface area contributed by atoms with E-state index in [0.717, 1.165) is 5.39 Å². The summed E-state index contributed by atoms with van der Waals surface area (Å²) in [6, 6.07) is 26.3. The Morgan fingerprint density at radius 3 is 1.89 bits per heavy atom. The van der Waals surface area contributed by atoms with Gasteiger partial charge < -0.3 is 25.6 Å². The number of ketones is 1. The van der Waals surface area contributed by atoms with E-state index in [4.69, 9.17) is 4.52 Å². The number of hydrogen-bond acceptors (Lipinski definition) is 7. The molecular weight excluding hydrogens is 621 g/mol. The molecule has 12 heteroatoms. The van der Waals surface area contributed by atoms with E-state index < -0.39 is 62.0 Å². The molecule has 0 saturated carbocycles. The van der Waals surface area contributed by atoms with Crippen molar-refractivity contribution in [1.82, 2.24) is 10.6 Å². The normalized spacial score (nSPS) is 12.6. The van der Waals surface area contributed by atoms with Crippen molar-refractivity contribution in [2.45, 2.75) is 38.8 Å². The number of carboxylic acid groups (broad SMARTS) is 1. The number of amides is 3. The number of Topliss-reactive ketones (excluding diaryl/α,β-unsaturated/α-hetero) is 1. The van der Waals surface area contributed by atoms with Crippen LogP contribution in [0, 0.1) is 5.92 Å². The van der Waals surface area contributed by atoms with Crippen LogP contribution in [0.3, 0.4) is 0 Å². The highest BCUT2D eigenvalue weighted by molar-refractivity contribution is 7.74. The summed E-state index contributed by atoms with van der Waals surface area (Å²) in [4.78, 5) is 64.2. The average Bonchev–Trinajstić information content (AvgIpc) is 3.06. The summed E-state index contributed by atoms with van der Waals surface area (Å²) >= 11 is 0. The van der Waals surface area contributed by atoms with E-state index in [1.165, 1.54) is 0 Å². The largest absolute Gasteiger partial charge is 0.481 e. The van der Waals surface area contributed by atoms with Crippen LogP contribution in [0.15, 0.2) is 103 Å². The summed E-state index contributed by atoms with van der Waals surface area (Å²) in [6.45, 7) is 2.82. The van der Waals surface area contributed by atoms with E-state index in [9.17, 15) is 33.6 Å². The van der Waals surface area contributed by atoms with Gasteiger partial charge in [0.25, 0.3) is 7.37 Å². The van der Waals surface area contributed by atoms with Gasteiger partial charge in [0.15, 0.2) is 5.78 Å². The number of carbonyl (C=O) groups excluding carboxylic acids is 4.